The Labute approximate surface area is 95.9 Å². The molecule has 3 heteroatoms. The third kappa shape index (κ3) is 2.18. The number of hydrogen-bond acceptors (Lipinski definition) is 1. The Kier molecular flexibility index (Phi) is 2.73. The van der Waals surface area contributed by atoms with Crippen molar-refractivity contribution in [2.45, 2.75) is 0 Å². The van der Waals surface area contributed by atoms with Gasteiger partial charge in [0.15, 0.2) is 0 Å². The topological polar surface area (TPSA) is 26.0 Å². The molecule has 0 radical (unpaired) electrons. The van der Waals surface area contributed by atoms with Crippen molar-refractivity contribution in [3.05, 3.63) is 52.8 Å². The average molecular weight is 266 g/mol. The Bertz CT molecular complexity index is 479. The van der Waals surface area contributed by atoms with Gasteiger partial charge in [0, 0.05) is 15.7 Å². The van der Waals surface area contributed by atoms with E-state index in [0.29, 0.717) is 5.69 Å². The molecule has 0 amide bonds. The van der Waals surface area contributed by atoms with Crippen LogP contribution in [0.3, 0.4) is 0 Å². The van der Waals surface area contributed by atoms with Gasteiger partial charge in [-0.1, -0.05) is 28.1 Å². The predicted octanol–water partition coefficient (Wildman–Crippen LogP) is 3.84. The van der Waals surface area contributed by atoms with Crippen LogP contribution in [0.15, 0.2) is 46.9 Å². The fourth-order valence-corrected chi connectivity index (χ4v) is 1.77. The lowest BCUT2D eigenvalue weighted by molar-refractivity contribution is 0.628. The summed E-state index contributed by atoms with van der Waals surface area (Å²) in [5.41, 5.74) is 8.35. The maximum atomic E-state index is 12.7. The van der Waals surface area contributed by atoms with Crippen LogP contribution in [0, 0.1) is 5.82 Å². The Balaban J connectivity index is 2.53. The highest BCUT2D eigenvalue weighted by atomic mass is 79.9. The maximum absolute atomic E-state index is 12.7. The summed E-state index contributed by atoms with van der Waals surface area (Å²) >= 11 is 3.38. The molecule has 1 nitrogen and oxygen atoms in total. The Hall–Kier alpha value is -1.35. The molecule has 0 heterocycles. The zero-order chi connectivity index (χ0) is 10.8. The van der Waals surface area contributed by atoms with Gasteiger partial charge in [0.1, 0.15) is 5.82 Å². The number of benzene rings is 2. The first-order chi connectivity index (χ1) is 7.16. The third-order valence-corrected chi connectivity index (χ3v) is 2.66. The minimum Gasteiger partial charge on any atom is -0.398 e. The second-order valence-corrected chi connectivity index (χ2v) is 4.15. The van der Waals surface area contributed by atoms with Crippen molar-refractivity contribution < 1.29 is 4.39 Å². The van der Waals surface area contributed by atoms with Crippen LogP contribution in [0.1, 0.15) is 0 Å². The lowest BCUT2D eigenvalue weighted by Crippen LogP contribution is -1.89. The first-order valence-electron chi connectivity index (χ1n) is 4.48. The standard InChI is InChI=1S/C12H9BrFN/c13-9-3-6-12(15)11(7-9)8-1-4-10(14)5-2-8/h1-7H,15H2. The summed E-state index contributed by atoms with van der Waals surface area (Å²) in [5, 5.41) is 0. The molecule has 0 spiro atoms. The molecule has 0 aliphatic heterocycles. The van der Waals surface area contributed by atoms with Gasteiger partial charge in [-0.3, -0.25) is 0 Å². The summed E-state index contributed by atoms with van der Waals surface area (Å²) in [6, 6.07) is 11.9. The lowest BCUT2D eigenvalue weighted by Gasteiger charge is -2.06. The molecular weight excluding hydrogens is 257 g/mol. The molecule has 0 bridgehead atoms. The van der Waals surface area contributed by atoms with Crippen molar-refractivity contribution in [1.82, 2.24) is 0 Å². The lowest BCUT2D eigenvalue weighted by atomic mass is 10.0. The van der Waals surface area contributed by atoms with E-state index in [9.17, 15) is 4.39 Å². The normalized spacial score (nSPS) is 10.3. The Morgan fingerprint density at radius 1 is 1.00 bits per heavy atom. The molecule has 0 atom stereocenters. The van der Waals surface area contributed by atoms with E-state index in [0.717, 1.165) is 15.6 Å². The minimum absolute atomic E-state index is 0.243. The zero-order valence-corrected chi connectivity index (χ0v) is 9.46. The van der Waals surface area contributed by atoms with Crippen molar-refractivity contribution in [3.63, 3.8) is 0 Å². The smallest absolute Gasteiger partial charge is 0.123 e. The van der Waals surface area contributed by atoms with Crippen LogP contribution in [0.5, 0.6) is 0 Å². The molecule has 0 aromatic heterocycles. The highest BCUT2D eigenvalue weighted by Crippen LogP contribution is 2.28. The molecule has 0 unspecified atom stereocenters. The number of rotatable bonds is 1. The van der Waals surface area contributed by atoms with E-state index >= 15 is 0 Å². The van der Waals surface area contributed by atoms with Gasteiger partial charge in [-0.25, -0.2) is 4.39 Å². The molecule has 2 aromatic rings. The van der Waals surface area contributed by atoms with E-state index in [1.54, 1.807) is 12.1 Å². The van der Waals surface area contributed by atoms with Gasteiger partial charge >= 0.3 is 0 Å². The van der Waals surface area contributed by atoms with Crippen LogP contribution in [-0.2, 0) is 0 Å². The second-order valence-electron chi connectivity index (χ2n) is 3.24. The monoisotopic (exact) mass is 265 g/mol. The van der Waals surface area contributed by atoms with E-state index in [4.69, 9.17) is 5.73 Å². The molecule has 0 fully saturated rings. The molecule has 0 aliphatic rings. The van der Waals surface area contributed by atoms with Crippen molar-refractivity contribution >= 4 is 21.6 Å². The van der Waals surface area contributed by atoms with Crippen LogP contribution in [0.2, 0.25) is 0 Å². The quantitative estimate of drug-likeness (QED) is 0.780. The van der Waals surface area contributed by atoms with Crippen LogP contribution in [0.4, 0.5) is 10.1 Å². The van der Waals surface area contributed by atoms with Crippen LogP contribution in [-0.4, -0.2) is 0 Å². The number of hydrogen-bond donors (Lipinski definition) is 1. The van der Waals surface area contributed by atoms with Crippen LogP contribution < -0.4 is 5.73 Å². The van der Waals surface area contributed by atoms with Gasteiger partial charge in [0.2, 0.25) is 0 Å². The van der Waals surface area contributed by atoms with Gasteiger partial charge in [-0.2, -0.15) is 0 Å². The summed E-state index contributed by atoms with van der Waals surface area (Å²) in [4.78, 5) is 0. The van der Waals surface area contributed by atoms with Gasteiger partial charge < -0.3 is 5.73 Å². The van der Waals surface area contributed by atoms with Crippen LogP contribution >= 0.6 is 15.9 Å². The van der Waals surface area contributed by atoms with Gasteiger partial charge in [-0.15, -0.1) is 0 Å². The van der Waals surface area contributed by atoms with Gasteiger partial charge in [0.05, 0.1) is 0 Å². The summed E-state index contributed by atoms with van der Waals surface area (Å²) in [5.74, 6) is -0.243. The number of anilines is 1. The summed E-state index contributed by atoms with van der Waals surface area (Å²) in [7, 11) is 0. The molecule has 15 heavy (non-hydrogen) atoms. The Morgan fingerprint density at radius 2 is 1.67 bits per heavy atom. The van der Waals surface area contributed by atoms with E-state index in [1.807, 2.05) is 18.2 Å². The predicted molar refractivity (Wildman–Crippen MR) is 63.9 cm³/mol. The van der Waals surface area contributed by atoms with Crippen LogP contribution in [0.25, 0.3) is 11.1 Å². The molecule has 76 valence electrons. The fourth-order valence-electron chi connectivity index (χ4n) is 1.41. The summed E-state index contributed by atoms with van der Waals surface area (Å²) in [6.07, 6.45) is 0. The first-order valence-corrected chi connectivity index (χ1v) is 5.27. The van der Waals surface area contributed by atoms with E-state index in [2.05, 4.69) is 15.9 Å². The number of nitrogen functional groups attached to an aromatic ring is 1. The first kappa shape index (κ1) is 10.2. The number of halogens is 2. The fraction of sp³-hybridized carbons (Fsp3) is 0. The third-order valence-electron chi connectivity index (χ3n) is 2.17. The molecule has 0 saturated carbocycles. The van der Waals surface area contributed by atoms with Crippen molar-refractivity contribution in [2.24, 2.45) is 0 Å². The van der Waals surface area contributed by atoms with Crippen molar-refractivity contribution in [2.75, 3.05) is 5.73 Å². The summed E-state index contributed by atoms with van der Waals surface area (Å²) in [6.45, 7) is 0. The number of nitrogens with two attached hydrogens (primary N) is 1. The summed E-state index contributed by atoms with van der Waals surface area (Å²) < 4.78 is 13.7. The van der Waals surface area contributed by atoms with E-state index in [-0.39, 0.29) is 5.82 Å². The molecule has 2 aromatic carbocycles. The molecule has 2 N–H and O–H groups in total. The minimum atomic E-state index is -0.243. The van der Waals surface area contributed by atoms with Gasteiger partial charge in [-0.05, 0) is 35.9 Å². The van der Waals surface area contributed by atoms with Crippen molar-refractivity contribution in [3.8, 4) is 11.1 Å². The van der Waals surface area contributed by atoms with Crippen molar-refractivity contribution in [1.29, 1.82) is 0 Å². The molecular formula is C12H9BrFN. The van der Waals surface area contributed by atoms with E-state index < -0.39 is 0 Å². The van der Waals surface area contributed by atoms with Gasteiger partial charge in [0.25, 0.3) is 0 Å². The second kappa shape index (κ2) is 4.03. The highest BCUT2D eigenvalue weighted by molar-refractivity contribution is 9.10. The largest absolute Gasteiger partial charge is 0.398 e. The Morgan fingerprint density at radius 3 is 2.33 bits per heavy atom. The maximum Gasteiger partial charge on any atom is 0.123 e. The molecule has 0 saturated heterocycles. The highest BCUT2D eigenvalue weighted by Gasteiger charge is 2.03. The SMILES string of the molecule is Nc1ccc(Br)cc1-c1ccc(F)cc1. The van der Waals surface area contributed by atoms with E-state index in [1.165, 1.54) is 12.1 Å². The molecule has 2 rings (SSSR count). The average Bonchev–Trinajstić information content (AvgIpc) is 2.23. The molecule has 0 aliphatic carbocycles. The zero-order valence-electron chi connectivity index (χ0n) is 7.87.